The van der Waals surface area contributed by atoms with Crippen LogP contribution in [0.4, 0.5) is 10.2 Å². The first-order valence-corrected chi connectivity index (χ1v) is 10.6. The minimum atomic E-state index is -0.385. The second kappa shape index (κ2) is 9.21. The van der Waals surface area contributed by atoms with E-state index >= 15 is 0 Å². The highest BCUT2D eigenvalue weighted by Gasteiger charge is 2.18. The summed E-state index contributed by atoms with van der Waals surface area (Å²) in [5.41, 5.74) is 1.82. The van der Waals surface area contributed by atoms with Crippen molar-refractivity contribution < 1.29 is 18.7 Å². The molecule has 11 heteroatoms. The van der Waals surface area contributed by atoms with E-state index in [9.17, 15) is 9.18 Å². The third-order valence-corrected chi connectivity index (χ3v) is 5.14. The van der Waals surface area contributed by atoms with Crippen LogP contribution in [0.1, 0.15) is 5.69 Å². The number of ether oxygens (including phenoxy) is 2. The molecule has 0 aliphatic carbocycles. The predicted molar refractivity (Wildman–Crippen MR) is 126 cm³/mol. The van der Waals surface area contributed by atoms with E-state index in [-0.39, 0.29) is 18.3 Å². The number of benzene rings is 2. The number of carbonyl (C=O) groups excluding carboxylic acids is 1. The number of carbonyl (C=O) groups is 1. The van der Waals surface area contributed by atoms with Crippen LogP contribution in [-0.2, 0) is 4.79 Å². The Morgan fingerprint density at radius 1 is 1.06 bits per heavy atom. The van der Waals surface area contributed by atoms with Gasteiger partial charge in [0, 0.05) is 6.07 Å². The first-order chi connectivity index (χ1) is 17.0. The van der Waals surface area contributed by atoms with E-state index in [1.165, 1.54) is 30.3 Å². The molecule has 0 bridgehead atoms. The lowest BCUT2D eigenvalue weighted by Gasteiger charge is -2.11. The van der Waals surface area contributed by atoms with Crippen LogP contribution < -0.4 is 14.8 Å². The lowest BCUT2D eigenvalue weighted by molar-refractivity contribution is -0.118. The molecule has 1 amide bonds. The first-order valence-electron chi connectivity index (χ1n) is 10.6. The molecule has 3 heterocycles. The van der Waals surface area contributed by atoms with Gasteiger partial charge in [0.1, 0.15) is 18.0 Å². The molecule has 3 aromatic heterocycles. The zero-order valence-electron chi connectivity index (χ0n) is 18.8. The molecule has 5 rings (SSSR count). The summed E-state index contributed by atoms with van der Waals surface area (Å²) in [5.74, 6) is 1.10. The van der Waals surface area contributed by atoms with Crippen molar-refractivity contribution in [3.05, 3.63) is 78.6 Å². The third kappa shape index (κ3) is 4.38. The Hall–Kier alpha value is -4.80. The predicted octanol–water partition coefficient (Wildman–Crippen LogP) is 3.47. The van der Waals surface area contributed by atoms with Crippen molar-refractivity contribution in [3.63, 3.8) is 0 Å². The van der Waals surface area contributed by atoms with E-state index in [4.69, 9.17) is 9.47 Å². The molecule has 35 heavy (non-hydrogen) atoms. The Morgan fingerprint density at radius 2 is 1.83 bits per heavy atom. The molecule has 0 aliphatic rings. The van der Waals surface area contributed by atoms with Crippen molar-refractivity contribution in [3.8, 4) is 23.0 Å². The second-order valence-electron chi connectivity index (χ2n) is 7.54. The first kappa shape index (κ1) is 22.0. The van der Waals surface area contributed by atoms with Gasteiger partial charge in [0.2, 0.25) is 0 Å². The van der Waals surface area contributed by atoms with Crippen LogP contribution in [0.3, 0.4) is 0 Å². The van der Waals surface area contributed by atoms with Gasteiger partial charge in [0.05, 0.1) is 30.1 Å². The molecule has 0 saturated heterocycles. The van der Waals surface area contributed by atoms with Crippen LogP contribution in [0.5, 0.6) is 11.5 Å². The average molecular weight is 473 g/mol. The standard InChI is InChI=1S/C24H20FN7O3/c1-15-11-21(29-22(33)13-35-20-6-4-3-5-19(20)34-2)32(30-15)24-18-12-28-31(23(18)26-14-27-24)17-9-7-16(25)8-10-17/h3-12,14H,13H2,1-2H3,(H,29,33). The number of methoxy groups -OCH3 is 1. The van der Waals surface area contributed by atoms with Crippen molar-refractivity contribution in [1.29, 1.82) is 0 Å². The summed E-state index contributed by atoms with van der Waals surface area (Å²) in [6, 6.07) is 14.7. The van der Waals surface area contributed by atoms with Gasteiger partial charge in [0.15, 0.2) is 29.6 Å². The van der Waals surface area contributed by atoms with Gasteiger partial charge in [-0.25, -0.2) is 19.0 Å². The minimum absolute atomic E-state index is 0.230. The van der Waals surface area contributed by atoms with Gasteiger partial charge in [-0.15, -0.1) is 0 Å². The maximum Gasteiger partial charge on any atom is 0.263 e. The van der Waals surface area contributed by atoms with Crippen LogP contribution in [0.25, 0.3) is 22.5 Å². The molecular formula is C24H20FN7O3. The Balaban J connectivity index is 1.42. The SMILES string of the molecule is COc1ccccc1OCC(=O)Nc1cc(C)nn1-c1ncnc2c1cnn2-c1ccc(F)cc1. The average Bonchev–Trinajstić information content (AvgIpc) is 3.46. The molecular weight excluding hydrogens is 453 g/mol. The number of anilines is 1. The Bertz CT molecular complexity index is 1510. The molecule has 0 radical (unpaired) electrons. The molecule has 0 spiro atoms. The molecule has 0 atom stereocenters. The number of hydrogen-bond donors (Lipinski definition) is 1. The number of aromatic nitrogens is 6. The van der Waals surface area contributed by atoms with E-state index in [1.54, 1.807) is 54.2 Å². The van der Waals surface area contributed by atoms with Crippen molar-refractivity contribution in [2.24, 2.45) is 0 Å². The van der Waals surface area contributed by atoms with E-state index in [0.29, 0.717) is 45.5 Å². The van der Waals surface area contributed by atoms with Gasteiger partial charge < -0.3 is 14.8 Å². The molecule has 0 saturated carbocycles. The highest BCUT2D eigenvalue weighted by Crippen LogP contribution is 2.26. The summed E-state index contributed by atoms with van der Waals surface area (Å²) < 4.78 is 27.3. The number of nitrogens with one attached hydrogen (secondary N) is 1. The lowest BCUT2D eigenvalue weighted by Crippen LogP contribution is -2.22. The number of amides is 1. The molecule has 2 aromatic carbocycles. The maximum absolute atomic E-state index is 13.4. The Kier molecular flexibility index (Phi) is 5.80. The molecule has 0 unspecified atom stereocenters. The summed E-state index contributed by atoms with van der Waals surface area (Å²) in [4.78, 5) is 21.4. The summed E-state index contributed by atoms with van der Waals surface area (Å²) in [7, 11) is 1.53. The fourth-order valence-electron chi connectivity index (χ4n) is 3.58. The quantitative estimate of drug-likeness (QED) is 0.385. The molecule has 0 aliphatic heterocycles. The molecule has 10 nitrogen and oxygen atoms in total. The smallest absolute Gasteiger partial charge is 0.263 e. The zero-order chi connectivity index (χ0) is 24.4. The van der Waals surface area contributed by atoms with Crippen LogP contribution in [0.2, 0.25) is 0 Å². The van der Waals surface area contributed by atoms with Gasteiger partial charge in [-0.2, -0.15) is 14.9 Å². The number of para-hydroxylation sites is 2. The van der Waals surface area contributed by atoms with Crippen LogP contribution >= 0.6 is 0 Å². The largest absolute Gasteiger partial charge is 0.493 e. The van der Waals surface area contributed by atoms with Gasteiger partial charge in [-0.05, 0) is 43.3 Å². The summed E-state index contributed by atoms with van der Waals surface area (Å²) in [6.07, 6.45) is 2.98. The lowest BCUT2D eigenvalue weighted by atomic mass is 10.3. The Labute approximate surface area is 199 Å². The van der Waals surface area contributed by atoms with Gasteiger partial charge >= 0.3 is 0 Å². The number of halogens is 1. The monoisotopic (exact) mass is 473 g/mol. The fraction of sp³-hybridized carbons (Fsp3) is 0.125. The van der Waals surface area contributed by atoms with Gasteiger partial charge in [-0.1, -0.05) is 12.1 Å². The van der Waals surface area contributed by atoms with Crippen LogP contribution in [0.15, 0.2) is 67.1 Å². The van der Waals surface area contributed by atoms with E-state index < -0.39 is 0 Å². The topological polar surface area (TPSA) is 109 Å². The van der Waals surface area contributed by atoms with Crippen molar-refractivity contribution >= 4 is 22.8 Å². The summed E-state index contributed by atoms with van der Waals surface area (Å²) in [6.45, 7) is 1.57. The number of rotatable bonds is 7. The number of nitrogens with zero attached hydrogens (tertiary/aromatic N) is 6. The number of hydrogen-bond acceptors (Lipinski definition) is 7. The van der Waals surface area contributed by atoms with Crippen molar-refractivity contribution in [2.45, 2.75) is 6.92 Å². The van der Waals surface area contributed by atoms with Crippen molar-refractivity contribution in [2.75, 3.05) is 19.0 Å². The van der Waals surface area contributed by atoms with E-state index in [2.05, 4.69) is 25.5 Å². The van der Waals surface area contributed by atoms with Gasteiger partial charge in [-0.3, -0.25) is 4.79 Å². The molecule has 1 N–H and O–H groups in total. The summed E-state index contributed by atoms with van der Waals surface area (Å²) in [5, 5.41) is 12.3. The number of aryl methyl sites for hydroxylation is 1. The minimum Gasteiger partial charge on any atom is -0.493 e. The zero-order valence-corrected chi connectivity index (χ0v) is 18.8. The van der Waals surface area contributed by atoms with Crippen LogP contribution in [-0.4, -0.2) is 49.2 Å². The highest BCUT2D eigenvalue weighted by molar-refractivity contribution is 5.92. The molecule has 5 aromatic rings. The Morgan fingerprint density at radius 3 is 2.60 bits per heavy atom. The third-order valence-electron chi connectivity index (χ3n) is 5.14. The second-order valence-corrected chi connectivity index (χ2v) is 7.54. The summed E-state index contributed by atoms with van der Waals surface area (Å²) >= 11 is 0. The van der Waals surface area contributed by atoms with Gasteiger partial charge in [0.25, 0.3) is 5.91 Å². The van der Waals surface area contributed by atoms with E-state index in [1.807, 2.05) is 6.07 Å². The van der Waals surface area contributed by atoms with Crippen molar-refractivity contribution in [1.82, 2.24) is 29.5 Å². The maximum atomic E-state index is 13.4. The normalized spacial score (nSPS) is 10.9. The molecule has 0 fully saturated rings. The number of fused-ring (bicyclic) bond motifs is 1. The molecule has 176 valence electrons. The fourth-order valence-corrected chi connectivity index (χ4v) is 3.58. The van der Waals surface area contributed by atoms with E-state index in [0.717, 1.165) is 0 Å². The van der Waals surface area contributed by atoms with Crippen LogP contribution in [0, 0.1) is 12.7 Å². The highest BCUT2D eigenvalue weighted by atomic mass is 19.1.